The molecule has 6 nitrogen and oxygen atoms in total. The third-order valence-corrected chi connectivity index (χ3v) is 12.6. The highest BCUT2D eigenvalue weighted by Crippen LogP contribution is 2.46. The molecule has 0 amide bonds. The van der Waals surface area contributed by atoms with Gasteiger partial charge in [0.1, 0.15) is 17.3 Å². The van der Waals surface area contributed by atoms with Crippen LogP contribution in [0, 0.1) is 6.57 Å². The summed E-state index contributed by atoms with van der Waals surface area (Å²) in [7, 11) is 0. The van der Waals surface area contributed by atoms with E-state index >= 15 is 0 Å². The van der Waals surface area contributed by atoms with E-state index in [4.69, 9.17) is 16.3 Å². The number of pyridine rings is 1. The average Bonchev–Trinajstić information content (AvgIpc) is 3.81. The van der Waals surface area contributed by atoms with Gasteiger partial charge in [-0.15, -0.1) is 0 Å². The molecular weight excluding hydrogens is 795 g/mol. The standard InChI is InChI=1S/C59H59N5O/c1-56(2,3)39-20-16-19-38(29-39)46-24-18-26-51-55(46)63(44-31-41(58(7,8)9)30-42(32-44)59(10,11)12)37-62(51)43-21-17-22-45(34-43)65-53-36-52-48(35-49(53)60-13)47-23-14-15-25-50(47)64(52)54-33-40(27-28-61-54)57(4,5)6/h14-36H,1-12H3/q+2. The predicted molar refractivity (Wildman–Crippen MR) is 272 cm³/mol. The first-order valence-corrected chi connectivity index (χ1v) is 22.6. The largest absolute Gasteiger partial charge is 0.503 e. The van der Waals surface area contributed by atoms with Crippen LogP contribution in [0.15, 0.2) is 140 Å². The smallest absolute Gasteiger partial charge is 0.468 e. The zero-order valence-corrected chi connectivity index (χ0v) is 39.9. The van der Waals surface area contributed by atoms with Gasteiger partial charge in [0, 0.05) is 35.8 Å². The van der Waals surface area contributed by atoms with Gasteiger partial charge in [0.2, 0.25) is 17.1 Å². The number of benzene rings is 6. The van der Waals surface area contributed by atoms with Crippen molar-refractivity contribution in [1.82, 2.24) is 18.7 Å². The van der Waals surface area contributed by atoms with E-state index in [0.29, 0.717) is 17.2 Å². The first-order chi connectivity index (χ1) is 30.7. The number of para-hydroxylation sites is 2. The summed E-state index contributed by atoms with van der Waals surface area (Å²) in [6, 6.07) is 51.0. The molecule has 0 fully saturated rings. The minimum Gasteiger partial charge on any atom is -0.468 e. The van der Waals surface area contributed by atoms with Crippen molar-refractivity contribution >= 4 is 56.3 Å². The van der Waals surface area contributed by atoms with E-state index in [1.807, 2.05) is 48.7 Å². The highest BCUT2D eigenvalue weighted by Gasteiger charge is 2.41. The molecule has 0 saturated heterocycles. The zero-order chi connectivity index (χ0) is 46.2. The second kappa shape index (κ2) is 15.6. The summed E-state index contributed by atoms with van der Waals surface area (Å²) in [6.07, 6.45) is 1.88. The molecule has 1 aliphatic rings. The fourth-order valence-electron chi connectivity index (χ4n) is 8.75. The molecule has 0 spiro atoms. The Labute approximate surface area is 384 Å². The second-order valence-electron chi connectivity index (χ2n) is 21.6. The summed E-state index contributed by atoms with van der Waals surface area (Å²) >= 11 is 0. The molecule has 324 valence electrons. The Hall–Kier alpha value is -7.06. The maximum Gasteiger partial charge on any atom is 0.503 e. The Morgan fingerprint density at radius 2 is 1.22 bits per heavy atom. The van der Waals surface area contributed by atoms with Crippen LogP contribution in [0.3, 0.4) is 0 Å². The summed E-state index contributed by atoms with van der Waals surface area (Å²) in [4.78, 5) is 8.88. The molecule has 0 saturated carbocycles. The van der Waals surface area contributed by atoms with Crippen LogP contribution >= 0.6 is 0 Å². The molecule has 2 aromatic heterocycles. The molecule has 0 bridgehead atoms. The summed E-state index contributed by atoms with van der Waals surface area (Å²) < 4.78 is 13.4. The Bertz CT molecular complexity index is 3290. The Balaban J connectivity index is 1.22. The monoisotopic (exact) mass is 853 g/mol. The lowest BCUT2D eigenvalue weighted by Gasteiger charge is -2.24. The van der Waals surface area contributed by atoms with E-state index < -0.39 is 0 Å². The van der Waals surface area contributed by atoms with Crippen LogP contribution in [0.25, 0.3) is 43.6 Å². The van der Waals surface area contributed by atoms with Crippen molar-refractivity contribution in [3.05, 3.63) is 173 Å². The van der Waals surface area contributed by atoms with Crippen molar-refractivity contribution in [2.45, 2.75) is 105 Å². The number of ether oxygens (including phenoxy) is 1. The molecule has 0 atom stereocenters. The van der Waals surface area contributed by atoms with E-state index in [1.54, 1.807) is 0 Å². The fraction of sp³-hybridized carbons (Fsp3) is 0.271. The number of hydrogen-bond donors (Lipinski definition) is 0. The van der Waals surface area contributed by atoms with Crippen LogP contribution in [0.2, 0.25) is 0 Å². The van der Waals surface area contributed by atoms with Gasteiger partial charge in [0.15, 0.2) is 0 Å². The lowest BCUT2D eigenvalue weighted by atomic mass is 9.80. The van der Waals surface area contributed by atoms with E-state index in [-0.39, 0.29) is 21.7 Å². The highest BCUT2D eigenvalue weighted by atomic mass is 16.5. The SMILES string of the molecule is [C-]#[N+]c1cc2c3ccccc3n(-c3cc(C(C)(C)C)ccn3)c2cc1Oc1cccc([N+]2=C=[N+](c3cc(C(C)(C)C)cc(C(C)(C)C)c3)c3c(-c4cccc(C(C)(C)C)c4)cccc32)c1. The molecule has 6 heteroatoms. The molecule has 0 N–H and O–H groups in total. The maximum absolute atomic E-state index is 8.31. The van der Waals surface area contributed by atoms with Crippen molar-refractivity contribution in [3.8, 4) is 28.4 Å². The van der Waals surface area contributed by atoms with Crippen molar-refractivity contribution in [2.75, 3.05) is 0 Å². The quantitative estimate of drug-likeness (QED) is 0.123. The number of hydrogen-bond acceptors (Lipinski definition) is 2. The summed E-state index contributed by atoms with van der Waals surface area (Å²) in [5.74, 6) is 1.91. The van der Waals surface area contributed by atoms with Crippen LogP contribution < -0.4 is 13.9 Å². The summed E-state index contributed by atoms with van der Waals surface area (Å²) in [5, 5.41) is 2.03. The van der Waals surface area contributed by atoms with E-state index in [1.165, 1.54) is 22.3 Å². The number of aromatic nitrogens is 2. The van der Waals surface area contributed by atoms with Gasteiger partial charge in [-0.2, -0.15) is 0 Å². The van der Waals surface area contributed by atoms with Gasteiger partial charge in [-0.3, -0.25) is 4.57 Å². The second-order valence-corrected chi connectivity index (χ2v) is 21.6. The lowest BCUT2D eigenvalue weighted by Crippen LogP contribution is -2.17. The first kappa shape index (κ1) is 43.2. The Morgan fingerprint density at radius 1 is 0.554 bits per heavy atom. The van der Waals surface area contributed by atoms with Crippen LogP contribution in [-0.4, -0.2) is 15.6 Å². The van der Waals surface area contributed by atoms with Gasteiger partial charge in [0.05, 0.1) is 29.2 Å². The molecule has 9 rings (SSSR count). The van der Waals surface area contributed by atoms with Crippen molar-refractivity contribution in [1.29, 1.82) is 0 Å². The van der Waals surface area contributed by atoms with Crippen molar-refractivity contribution in [2.24, 2.45) is 0 Å². The van der Waals surface area contributed by atoms with Crippen LogP contribution in [-0.2, 0) is 21.7 Å². The maximum atomic E-state index is 8.31. The van der Waals surface area contributed by atoms with E-state index in [0.717, 1.165) is 61.5 Å². The predicted octanol–water partition coefficient (Wildman–Crippen LogP) is 16.2. The fourth-order valence-corrected chi connectivity index (χ4v) is 8.75. The molecule has 1 aliphatic heterocycles. The molecule has 65 heavy (non-hydrogen) atoms. The molecular formula is C59H59N5O+2. The molecule has 3 heterocycles. The molecule has 0 aliphatic carbocycles. The third kappa shape index (κ3) is 8.07. The molecule has 6 aromatic carbocycles. The zero-order valence-electron chi connectivity index (χ0n) is 39.9. The summed E-state index contributed by atoms with van der Waals surface area (Å²) in [6.45, 7) is 35.4. The van der Waals surface area contributed by atoms with Crippen LogP contribution in [0.5, 0.6) is 11.5 Å². The normalized spacial score (nSPS) is 13.2. The third-order valence-electron chi connectivity index (χ3n) is 12.6. The minimum absolute atomic E-state index is 0.0105. The van der Waals surface area contributed by atoms with Crippen LogP contribution in [0.1, 0.15) is 105 Å². The Morgan fingerprint density at radius 3 is 1.91 bits per heavy atom. The van der Waals surface area contributed by atoms with Gasteiger partial charge >= 0.3 is 11.7 Å². The Kier molecular flexibility index (Phi) is 10.4. The number of nitrogens with zero attached hydrogens (tertiary/aromatic N) is 5. The average molecular weight is 854 g/mol. The van der Waals surface area contributed by atoms with E-state index in [9.17, 15) is 0 Å². The van der Waals surface area contributed by atoms with Gasteiger partial charge < -0.3 is 4.74 Å². The molecule has 8 aromatic rings. The van der Waals surface area contributed by atoms with Gasteiger partial charge in [-0.05, 0) is 106 Å². The number of fused-ring (bicyclic) bond motifs is 4. The number of rotatable bonds is 6. The molecule has 0 unspecified atom stereocenters. The lowest BCUT2D eigenvalue weighted by molar-refractivity contribution is 0.486. The topological polar surface area (TPSA) is 37.4 Å². The first-order valence-electron chi connectivity index (χ1n) is 22.6. The van der Waals surface area contributed by atoms with Gasteiger partial charge in [-0.25, -0.2) is 9.83 Å². The minimum atomic E-state index is -0.0704. The highest BCUT2D eigenvalue weighted by molar-refractivity contribution is 6.11. The summed E-state index contributed by atoms with van der Waals surface area (Å²) in [5.41, 5.74) is 13.5. The van der Waals surface area contributed by atoms with E-state index in [2.05, 4.69) is 199 Å². The van der Waals surface area contributed by atoms with Crippen LogP contribution in [0.4, 0.5) is 28.4 Å². The molecule has 0 radical (unpaired) electrons. The van der Waals surface area contributed by atoms with Crippen molar-refractivity contribution < 1.29 is 4.74 Å². The van der Waals surface area contributed by atoms with Crippen molar-refractivity contribution in [3.63, 3.8) is 0 Å². The van der Waals surface area contributed by atoms with Gasteiger partial charge in [-0.1, -0.05) is 144 Å². The van der Waals surface area contributed by atoms with Gasteiger partial charge in [0.25, 0.3) is 5.69 Å².